The van der Waals surface area contributed by atoms with Crippen molar-refractivity contribution in [1.82, 2.24) is 15.2 Å². The maximum Gasteiger partial charge on any atom is 0.132 e. The standard InChI is InChI=1S/C41H27N3O/c1-26-37(40(27-13-3-2-4-14-27)44-43-39(26)28-15-12-24-42-25-28)30-17-11-21-34-38(30)29-16-5-6-18-31(29)41(34)32-19-7-9-22-35(32)45-36-23-10-8-20-33(36)41/h2-25H,1H3. The van der Waals surface area contributed by atoms with E-state index in [0.717, 1.165) is 61.8 Å². The van der Waals surface area contributed by atoms with Crippen molar-refractivity contribution in [3.63, 3.8) is 0 Å². The first-order valence-electron chi connectivity index (χ1n) is 15.2. The molecular weight excluding hydrogens is 550 g/mol. The van der Waals surface area contributed by atoms with Gasteiger partial charge in [0.2, 0.25) is 0 Å². The van der Waals surface area contributed by atoms with E-state index in [0.29, 0.717) is 0 Å². The summed E-state index contributed by atoms with van der Waals surface area (Å²) in [7, 11) is 0. The molecule has 2 aromatic heterocycles. The normalized spacial score (nSPS) is 13.4. The van der Waals surface area contributed by atoms with E-state index in [1.807, 2.05) is 24.4 Å². The van der Waals surface area contributed by atoms with Crippen LogP contribution in [0, 0.1) is 6.92 Å². The number of hydrogen-bond donors (Lipinski definition) is 0. The van der Waals surface area contributed by atoms with Crippen LogP contribution >= 0.6 is 0 Å². The Bertz CT molecular complexity index is 2210. The fourth-order valence-corrected chi connectivity index (χ4v) is 7.54. The van der Waals surface area contributed by atoms with Crippen LogP contribution in [0.25, 0.3) is 44.8 Å². The number of aromatic nitrogens is 3. The molecular formula is C41H27N3O. The van der Waals surface area contributed by atoms with Crippen molar-refractivity contribution in [1.29, 1.82) is 0 Å². The van der Waals surface area contributed by atoms with E-state index < -0.39 is 5.41 Å². The average molecular weight is 578 g/mol. The minimum atomic E-state index is -0.541. The molecule has 1 spiro atoms. The van der Waals surface area contributed by atoms with Gasteiger partial charge in [-0.2, -0.15) is 0 Å². The minimum Gasteiger partial charge on any atom is -0.457 e. The first-order chi connectivity index (χ1) is 22.3. The van der Waals surface area contributed by atoms with Crippen LogP contribution < -0.4 is 4.74 Å². The van der Waals surface area contributed by atoms with Crippen molar-refractivity contribution >= 4 is 0 Å². The van der Waals surface area contributed by atoms with E-state index in [1.165, 1.54) is 22.3 Å². The van der Waals surface area contributed by atoms with E-state index in [2.05, 4.69) is 127 Å². The largest absolute Gasteiger partial charge is 0.457 e. The number of ether oxygens (including phenoxy) is 1. The van der Waals surface area contributed by atoms with E-state index in [1.54, 1.807) is 6.20 Å². The monoisotopic (exact) mass is 577 g/mol. The molecule has 7 aromatic rings. The van der Waals surface area contributed by atoms with Gasteiger partial charge in [-0.25, -0.2) is 0 Å². The number of rotatable bonds is 3. The zero-order valence-corrected chi connectivity index (χ0v) is 24.6. The van der Waals surface area contributed by atoms with Crippen LogP contribution in [-0.2, 0) is 5.41 Å². The highest BCUT2D eigenvalue weighted by Crippen LogP contribution is 2.63. The van der Waals surface area contributed by atoms with Crippen LogP contribution in [0.4, 0.5) is 0 Å². The predicted octanol–water partition coefficient (Wildman–Crippen LogP) is 9.65. The second kappa shape index (κ2) is 9.83. The second-order valence-corrected chi connectivity index (χ2v) is 11.6. The molecule has 5 aromatic carbocycles. The fraction of sp³-hybridized carbons (Fsp3) is 0.0488. The third kappa shape index (κ3) is 3.57. The molecule has 9 rings (SSSR count). The second-order valence-electron chi connectivity index (χ2n) is 11.6. The summed E-state index contributed by atoms with van der Waals surface area (Å²) in [5.74, 6) is 1.77. The van der Waals surface area contributed by atoms with Gasteiger partial charge in [0.05, 0.1) is 11.1 Å². The van der Waals surface area contributed by atoms with Crippen LogP contribution in [0.5, 0.6) is 11.5 Å². The Morgan fingerprint density at radius 3 is 1.82 bits per heavy atom. The summed E-state index contributed by atoms with van der Waals surface area (Å²) in [6.45, 7) is 2.16. The quantitative estimate of drug-likeness (QED) is 0.210. The number of nitrogens with zero attached hydrogens (tertiary/aromatic N) is 3. The number of pyridine rings is 1. The van der Waals surface area contributed by atoms with Gasteiger partial charge in [0.25, 0.3) is 0 Å². The van der Waals surface area contributed by atoms with E-state index in [-0.39, 0.29) is 0 Å². The van der Waals surface area contributed by atoms with Gasteiger partial charge in [-0.3, -0.25) is 4.98 Å². The predicted molar refractivity (Wildman–Crippen MR) is 178 cm³/mol. The molecule has 212 valence electrons. The van der Waals surface area contributed by atoms with E-state index in [4.69, 9.17) is 14.9 Å². The molecule has 0 radical (unpaired) electrons. The van der Waals surface area contributed by atoms with E-state index in [9.17, 15) is 0 Å². The Morgan fingerprint density at radius 2 is 1.09 bits per heavy atom. The molecule has 0 N–H and O–H groups in total. The topological polar surface area (TPSA) is 47.9 Å². The summed E-state index contributed by atoms with van der Waals surface area (Å²) < 4.78 is 6.55. The summed E-state index contributed by atoms with van der Waals surface area (Å²) in [5.41, 5.74) is 13.6. The molecule has 0 fully saturated rings. The Morgan fingerprint density at radius 1 is 0.489 bits per heavy atom. The molecule has 1 aliphatic heterocycles. The maximum absolute atomic E-state index is 6.55. The van der Waals surface area contributed by atoms with Gasteiger partial charge in [-0.05, 0) is 64.6 Å². The Labute approximate surface area is 261 Å². The third-order valence-corrected chi connectivity index (χ3v) is 9.34. The molecule has 4 nitrogen and oxygen atoms in total. The van der Waals surface area contributed by atoms with Gasteiger partial charge in [0.1, 0.15) is 17.2 Å². The van der Waals surface area contributed by atoms with Crippen LogP contribution in [0.1, 0.15) is 27.8 Å². The number of para-hydroxylation sites is 2. The molecule has 4 heteroatoms. The molecule has 2 aliphatic rings. The van der Waals surface area contributed by atoms with Crippen LogP contribution in [0.3, 0.4) is 0 Å². The lowest BCUT2D eigenvalue weighted by molar-refractivity contribution is 0.436. The summed E-state index contributed by atoms with van der Waals surface area (Å²) >= 11 is 0. The zero-order valence-electron chi connectivity index (χ0n) is 24.6. The van der Waals surface area contributed by atoms with Crippen LogP contribution in [0.2, 0.25) is 0 Å². The van der Waals surface area contributed by atoms with Crippen LogP contribution in [0.15, 0.2) is 146 Å². The van der Waals surface area contributed by atoms with Crippen molar-refractivity contribution in [2.24, 2.45) is 0 Å². The minimum absolute atomic E-state index is 0.541. The summed E-state index contributed by atoms with van der Waals surface area (Å²) in [6.07, 6.45) is 3.65. The lowest BCUT2D eigenvalue weighted by atomic mass is 9.66. The SMILES string of the molecule is Cc1c(-c2cccnc2)nnc(-c2ccccc2)c1-c1cccc2c1-c1ccccc1C21c2ccccc2Oc2ccccc21. The number of benzene rings is 5. The third-order valence-electron chi connectivity index (χ3n) is 9.34. The van der Waals surface area contributed by atoms with Crippen molar-refractivity contribution < 1.29 is 4.74 Å². The highest BCUT2D eigenvalue weighted by molar-refractivity contribution is 6.00. The van der Waals surface area contributed by atoms with Crippen LogP contribution in [-0.4, -0.2) is 15.2 Å². The van der Waals surface area contributed by atoms with Gasteiger partial charge in [0, 0.05) is 40.2 Å². The lowest BCUT2D eigenvalue weighted by Crippen LogP contribution is -2.32. The average Bonchev–Trinajstić information content (AvgIpc) is 3.40. The highest BCUT2D eigenvalue weighted by atomic mass is 16.5. The van der Waals surface area contributed by atoms with Gasteiger partial charge in [-0.15, -0.1) is 10.2 Å². The first-order valence-corrected chi connectivity index (χ1v) is 15.2. The van der Waals surface area contributed by atoms with Crippen molar-refractivity contribution in [3.8, 4) is 56.3 Å². The molecule has 3 heterocycles. The highest BCUT2D eigenvalue weighted by Gasteiger charge is 2.51. The molecule has 0 unspecified atom stereocenters. The molecule has 0 saturated heterocycles. The molecule has 0 atom stereocenters. The molecule has 1 aliphatic carbocycles. The van der Waals surface area contributed by atoms with Gasteiger partial charge < -0.3 is 4.74 Å². The fourth-order valence-electron chi connectivity index (χ4n) is 7.54. The van der Waals surface area contributed by atoms with Crippen molar-refractivity contribution in [2.45, 2.75) is 12.3 Å². The van der Waals surface area contributed by atoms with Gasteiger partial charge in [-0.1, -0.05) is 109 Å². The lowest BCUT2D eigenvalue weighted by Gasteiger charge is -2.39. The maximum atomic E-state index is 6.55. The molecule has 0 bridgehead atoms. The molecule has 0 saturated carbocycles. The Balaban J connectivity index is 1.42. The smallest absolute Gasteiger partial charge is 0.132 e. The van der Waals surface area contributed by atoms with Gasteiger partial charge in [0.15, 0.2) is 0 Å². The summed E-state index contributed by atoms with van der Waals surface area (Å²) in [6, 6.07) is 46.9. The van der Waals surface area contributed by atoms with E-state index >= 15 is 0 Å². The first kappa shape index (κ1) is 25.6. The number of fused-ring (bicyclic) bond motifs is 9. The zero-order chi connectivity index (χ0) is 30.0. The summed E-state index contributed by atoms with van der Waals surface area (Å²) in [4.78, 5) is 4.39. The number of hydrogen-bond acceptors (Lipinski definition) is 4. The van der Waals surface area contributed by atoms with Gasteiger partial charge >= 0.3 is 0 Å². The molecule has 0 amide bonds. The van der Waals surface area contributed by atoms with Crippen molar-refractivity contribution in [2.75, 3.05) is 0 Å². The Kier molecular flexibility index (Phi) is 5.59. The molecule has 45 heavy (non-hydrogen) atoms. The Hall–Kier alpha value is -5.87. The van der Waals surface area contributed by atoms with Crippen molar-refractivity contribution in [3.05, 3.63) is 174 Å². The summed E-state index contributed by atoms with van der Waals surface area (Å²) in [5, 5.41) is 9.71.